The van der Waals surface area contributed by atoms with E-state index in [2.05, 4.69) is 19.1 Å². The van der Waals surface area contributed by atoms with Gasteiger partial charge in [0.1, 0.15) is 17.9 Å². The van der Waals surface area contributed by atoms with E-state index in [0.717, 1.165) is 17.6 Å². The summed E-state index contributed by atoms with van der Waals surface area (Å²) in [5.41, 5.74) is 5.68. The summed E-state index contributed by atoms with van der Waals surface area (Å²) >= 11 is 1.10. The first-order chi connectivity index (χ1) is 17.5. The van der Waals surface area contributed by atoms with Crippen molar-refractivity contribution < 1.29 is 36.6 Å². The van der Waals surface area contributed by atoms with Crippen molar-refractivity contribution in [2.24, 2.45) is 5.73 Å². The lowest BCUT2D eigenvalue weighted by atomic mass is 10.1. The molecule has 0 aliphatic carbocycles. The van der Waals surface area contributed by atoms with Crippen LogP contribution in [0.4, 0.5) is 17.6 Å². The summed E-state index contributed by atoms with van der Waals surface area (Å²) in [6, 6.07) is 4.72. The van der Waals surface area contributed by atoms with Gasteiger partial charge in [0.05, 0.1) is 16.8 Å². The van der Waals surface area contributed by atoms with E-state index in [-0.39, 0.29) is 5.88 Å². The molecule has 1 fully saturated rings. The Morgan fingerprint density at radius 2 is 2.03 bits per heavy atom. The normalized spacial score (nSPS) is 16.5. The maximum atomic E-state index is 14.8. The molecule has 4 heterocycles. The van der Waals surface area contributed by atoms with Crippen LogP contribution in [0, 0.1) is 5.82 Å². The Morgan fingerprint density at radius 3 is 2.68 bits per heavy atom. The molecule has 3 aromatic heterocycles. The molecule has 0 unspecified atom stereocenters. The summed E-state index contributed by atoms with van der Waals surface area (Å²) in [5.74, 6) is -2.09. The number of hydrogen-bond donors (Lipinski definition) is 1. The molecule has 3 aromatic rings. The Kier molecular flexibility index (Phi) is 7.57. The van der Waals surface area contributed by atoms with Crippen LogP contribution in [0.3, 0.4) is 0 Å². The first-order valence-electron chi connectivity index (χ1n) is 11.1. The number of likely N-dealkylation sites (tertiary alicyclic amines) is 1. The van der Waals surface area contributed by atoms with Crippen molar-refractivity contribution >= 4 is 23.3 Å². The highest BCUT2D eigenvalue weighted by molar-refractivity contribution is 7.06. The number of rotatable bonds is 8. The van der Waals surface area contributed by atoms with E-state index in [1.165, 1.54) is 29.4 Å². The van der Waals surface area contributed by atoms with Crippen molar-refractivity contribution in [3.8, 4) is 22.9 Å². The molecule has 196 valence electrons. The quantitative estimate of drug-likeness (QED) is 0.431. The third-order valence-corrected chi connectivity index (χ3v) is 6.47. The summed E-state index contributed by atoms with van der Waals surface area (Å²) in [5, 5.41) is 0. The zero-order valence-electron chi connectivity index (χ0n) is 19.4. The van der Waals surface area contributed by atoms with E-state index in [1.54, 1.807) is 13.0 Å². The predicted molar refractivity (Wildman–Crippen MR) is 123 cm³/mol. The number of pyridine rings is 2. The molecule has 14 heteroatoms. The number of alkyl halides is 3. The van der Waals surface area contributed by atoms with Crippen LogP contribution in [-0.4, -0.2) is 56.4 Å². The van der Waals surface area contributed by atoms with Crippen molar-refractivity contribution in [2.75, 3.05) is 13.2 Å². The molecule has 2 amide bonds. The van der Waals surface area contributed by atoms with Crippen molar-refractivity contribution in [1.82, 2.24) is 19.2 Å². The van der Waals surface area contributed by atoms with Crippen LogP contribution in [0.25, 0.3) is 11.3 Å². The summed E-state index contributed by atoms with van der Waals surface area (Å²) < 4.78 is 66.2. The highest BCUT2D eigenvalue weighted by atomic mass is 32.1. The molecule has 2 N–H and O–H groups in total. The minimum absolute atomic E-state index is 0.191. The summed E-state index contributed by atoms with van der Waals surface area (Å²) in [6.45, 7) is 0.579. The van der Waals surface area contributed by atoms with Crippen LogP contribution < -0.4 is 15.2 Å². The van der Waals surface area contributed by atoms with Gasteiger partial charge in [-0.1, -0.05) is 0 Å². The highest BCUT2D eigenvalue weighted by Gasteiger charge is 2.35. The van der Waals surface area contributed by atoms with E-state index in [0.29, 0.717) is 41.3 Å². The molecule has 0 aromatic carbocycles. The van der Waals surface area contributed by atoms with Gasteiger partial charge in [0.25, 0.3) is 5.91 Å². The molecule has 0 saturated carbocycles. The highest BCUT2D eigenvalue weighted by Crippen LogP contribution is 2.30. The second kappa shape index (κ2) is 10.7. The van der Waals surface area contributed by atoms with Crippen molar-refractivity contribution in [1.29, 1.82) is 0 Å². The zero-order chi connectivity index (χ0) is 26.7. The van der Waals surface area contributed by atoms with Gasteiger partial charge >= 0.3 is 6.18 Å². The molecule has 37 heavy (non-hydrogen) atoms. The standard InChI is InChI=1S/C23H21F4N5O4S/c1-12(36-14-4-5-19(29-10-14)35-11-23(25,26)27)18-8-16(31-37-18)13-7-15(24)20(30-9-13)22(34)32-6-2-3-17(32)21(28)33/h4-5,7-10,12,17H,2-3,6,11H2,1H3,(H2,28,33)/t12-,17+/m1/s1. The van der Waals surface area contributed by atoms with Gasteiger partial charge in [-0.25, -0.2) is 14.4 Å². The second-order valence-electron chi connectivity index (χ2n) is 8.22. The van der Waals surface area contributed by atoms with E-state index < -0.39 is 48.3 Å². The van der Waals surface area contributed by atoms with Gasteiger partial charge < -0.3 is 20.1 Å². The molecule has 0 radical (unpaired) electrons. The Bertz CT molecular complexity index is 1280. The molecule has 0 bridgehead atoms. The topological polar surface area (TPSA) is 121 Å². The Morgan fingerprint density at radius 1 is 1.24 bits per heavy atom. The van der Waals surface area contributed by atoms with Crippen LogP contribution in [0.1, 0.15) is 41.2 Å². The van der Waals surface area contributed by atoms with Crippen molar-refractivity contribution in [3.63, 3.8) is 0 Å². The van der Waals surface area contributed by atoms with E-state index in [9.17, 15) is 27.2 Å². The number of primary amides is 1. The number of halogens is 4. The largest absolute Gasteiger partial charge is 0.484 e. The van der Waals surface area contributed by atoms with Gasteiger partial charge in [0.15, 0.2) is 18.1 Å². The summed E-state index contributed by atoms with van der Waals surface area (Å²) in [4.78, 5) is 34.0. The number of amides is 2. The third kappa shape index (κ3) is 6.31. The molecule has 2 atom stereocenters. The lowest BCUT2D eigenvalue weighted by Gasteiger charge is -2.21. The second-order valence-corrected chi connectivity index (χ2v) is 9.06. The van der Waals surface area contributed by atoms with E-state index in [1.807, 2.05) is 0 Å². The van der Waals surface area contributed by atoms with Gasteiger partial charge in [-0.15, -0.1) is 0 Å². The first-order valence-corrected chi connectivity index (χ1v) is 11.8. The number of nitrogens with two attached hydrogens (primary N) is 1. The van der Waals surface area contributed by atoms with E-state index in [4.69, 9.17) is 10.5 Å². The molecule has 9 nitrogen and oxygen atoms in total. The number of ether oxygens (including phenoxy) is 2. The maximum absolute atomic E-state index is 14.8. The number of nitrogens with zero attached hydrogens (tertiary/aromatic N) is 4. The fraction of sp³-hybridized carbons (Fsp3) is 0.348. The number of hydrogen-bond acceptors (Lipinski definition) is 8. The number of carbonyl (C=O) groups excluding carboxylic acids is 2. The monoisotopic (exact) mass is 539 g/mol. The Hall–Kier alpha value is -3.81. The van der Waals surface area contributed by atoms with Gasteiger partial charge in [-0.05, 0) is 49.5 Å². The van der Waals surface area contributed by atoms with Crippen LogP contribution in [0.5, 0.6) is 11.6 Å². The molecular formula is C23H21F4N5O4S. The molecule has 1 saturated heterocycles. The zero-order valence-corrected chi connectivity index (χ0v) is 20.2. The minimum Gasteiger partial charge on any atom is -0.484 e. The molecule has 0 spiro atoms. The smallest absolute Gasteiger partial charge is 0.422 e. The average molecular weight is 540 g/mol. The molecule has 1 aliphatic rings. The Balaban J connectivity index is 1.41. The van der Waals surface area contributed by atoms with Gasteiger partial charge in [0.2, 0.25) is 11.8 Å². The van der Waals surface area contributed by atoms with Crippen molar-refractivity contribution in [3.05, 3.63) is 53.0 Å². The van der Waals surface area contributed by atoms with Gasteiger partial charge in [-0.2, -0.15) is 17.5 Å². The number of carbonyl (C=O) groups is 2. The lowest BCUT2D eigenvalue weighted by Crippen LogP contribution is -2.44. The maximum Gasteiger partial charge on any atom is 0.422 e. The lowest BCUT2D eigenvalue weighted by molar-refractivity contribution is -0.154. The Labute approximate surface area is 212 Å². The average Bonchev–Trinajstić information content (AvgIpc) is 3.53. The number of aromatic nitrogens is 3. The molecule has 4 rings (SSSR count). The minimum atomic E-state index is -4.47. The van der Waals surface area contributed by atoms with Crippen LogP contribution in [0.15, 0.2) is 36.7 Å². The first kappa shape index (κ1) is 26.3. The SMILES string of the molecule is C[C@@H](Oc1ccc(OCC(F)(F)F)nc1)c1cc(-c2cnc(C(=O)N3CCC[C@H]3C(N)=O)c(F)c2)ns1. The van der Waals surface area contributed by atoms with Crippen molar-refractivity contribution in [2.45, 2.75) is 38.1 Å². The molecule has 1 aliphatic heterocycles. The molecular weight excluding hydrogens is 518 g/mol. The van der Waals surface area contributed by atoms with Gasteiger partial charge in [-0.3, -0.25) is 9.59 Å². The fourth-order valence-corrected chi connectivity index (χ4v) is 4.46. The van der Waals surface area contributed by atoms with Crippen LogP contribution in [0.2, 0.25) is 0 Å². The van der Waals surface area contributed by atoms with Gasteiger partial charge in [0, 0.05) is 24.4 Å². The van der Waals surface area contributed by atoms with E-state index >= 15 is 0 Å². The summed E-state index contributed by atoms with van der Waals surface area (Å²) in [6.07, 6.45) is -1.40. The summed E-state index contributed by atoms with van der Waals surface area (Å²) in [7, 11) is 0. The van der Waals surface area contributed by atoms with Crippen LogP contribution in [-0.2, 0) is 4.79 Å². The van der Waals surface area contributed by atoms with Crippen LogP contribution >= 0.6 is 11.5 Å². The predicted octanol–water partition coefficient (Wildman–Crippen LogP) is 3.91. The third-order valence-electron chi connectivity index (χ3n) is 5.52. The fourth-order valence-electron chi connectivity index (χ4n) is 3.73.